The Hall–Kier alpha value is -1.64. The number of nitrogens with one attached hydrogen (secondary N) is 1. The van der Waals surface area contributed by atoms with Crippen molar-refractivity contribution in [2.45, 2.75) is 18.9 Å². The number of nitrogens with zero attached hydrogens (tertiary/aromatic N) is 3. The SMILES string of the molecule is COCCN(CC1CCCN1)c1cc(C#N)ccn1. The summed E-state index contributed by atoms with van der Waals surface area (Å²) in [5, 5.41) is 12.5. The number of aromatic nitrogens is 1. The molecule has 0 radical (unpaired) electrons. The van der Waals surface area contributed by atoms with Gasteiger partial charge in [0.2, 0.25) is 0 Å². The summed E-state index contributed by atoms with van der Waals surface area (Å²) in [7, 11) is 1.70. The molecule has 1 aliphatic heterocycles. The summed E-state index contributed by atoms with van der Waals surface area (Å²) in [5.41, 5.74) is 0.645. The highest BCUT2D eigenvalue weighted by Gasteiger charge is 2.18. The van der Waals surface area contributed by atoms with Gasteiger partial charge < -0.3 is 15.0 Å². The molecule has 2 rings (SSSR count). The van der Waals surface area contributed by atoms with E-state index in [9.17, 15) is 0 Å². The third-order valence-corrected chi connectivity index (χ3v) is 3.37. The van der Waals surface area contributed by atoms with Gasteiger partial charge in [-0.15, -0.1) is 0 Å². The number of methoxy groups -OCH3 is 1. The molecule has 1 aromatic rings. The van der Waals surface area contributed by atoms with Crippen LogP contribution in [0.3, 0.4) is 0 Å². The summed E-state index contributed by atoms with van der Waals surface area (Å²) in [6, 6.07) is 6.23. The molecule has 1 saturated heterocycles. The monoisotopic (exact) mass is 260 g/mol. The molecule has 1 aliphatic rings. The lowest BCUT2D eigenvalue weighted by molar-refractivity contribution is 0.204. The Bertz CT molecular complexity index is 437. The standard InChI is InChI=1S/C14H20N4O/c1-19-8-7-18(11-13-3-2-5-16-13)14-9-12(10-15)4-6-17-14/h4,6,9,13,16H,2-3,5,7-8,11H2,1H3. The molecule has 1 unspecified atom stereocenters. The number of anilines is 1. The van der Waals surface area contributed by atoms with Gasteiger partial charge in [0.15, 0.2) is 0 Å². The molecule has 19 heavy (non-hydrogen) atoms. The molecular formula is C14H20N4O. The Labute approximate surface area is 114 Å². The van der Waals surface area contributed by atoms with Crippen LogP contribution in [0, 0.1) is 11.3 Å². The van der Waals surface area contributed by atoms with E-state index in [1.165, 1.54) is 12.8 Å². The van der Waals surface area contributed by atoms with Crippen molar-refractivity contribution < 1.29 is 4.74 Å². The molecule has 2 heterocycles. The van der Waals surface area contributed by atoms with E-state index in [-0.39, 0.29) is 0 Å². The Balaban J connectivity index is 2.08. The number of hydrogen-bond donors (Lipinski definition) is 1. The average Bonchev–Trinajstić information content (AvgIpc) is 2.96. The third kappa shape index (κ3) is 3.91. The molecule has 0 bridgehead atoms. The molecule has 1 fully saturated rings. The normalized spacial score (nSPS) is 18.2. The molecule has 0 aromatic carbocycles. The topological polar surface area (TPSA) is 61.2 Å². The molecule has 0 aliphatic carbocycles. The number of ether oxygens (including phenoxy) is 1. The minimum Gasteiger partial charge on any atom is -0.383 e. The summed E-state index contributed by atoms with van der Waals surface area (Å²) in [5.74, 6) is 0.852. The average molecular weight is 260 g/mol. The van der Waals surface area contributed by atoms with Crippen molar-refractivity contribution in [1.82, 2.24) is 10.3 Å². The summed E-state index contributed by atoms with van der Waals surface area (Å²) >= 11 is 0. The van der Waals surface area contributed by atoms with E-state index in [1.807, 2.05) is 6.07 Å². The van der Waals surface area contributed by atoms with Crippen LogP contribution in [0.1, 0.15) is 18.4 Å². The Morgan fingerprint density at radius 2 is 2.53 bits per heavy atom. The molecule has 5 nitrogen and oxygen atoms in total. The van der Waals surface area contributed by atoms with Crippen LogP contribution in [0.15, 0.2) is 18.3 Å². The summed E-state index contributed by atoms with van der Waals surface area (Å²) in [6.45, 7) is 3.45. The zero-order valence-corrected chi connectivity index (χ0v) is 11.3. The first-order valence-electron chi connectivity index (χ1n) is 6.67. The van der Waals surface area contributed by atoms with E-state index in [4.69, 9.17) is 10.00 Å². The second-order valence-electron chi connectivity index (χ2n) is 4.75. The van der Waals surface area contributed by atoms with Crippen LogP contribution in [0.2, 0.25) is 0 Å². The van der Waals surface area contributed by atoms with Crippen LogP contribution >= 0.6 is 0 Å². The van der Waals surface area contributed by atoms with Crippen molar-refractivity contribution in [3.8, 4) is 6.07 Å². The smallest absolute Gasteiger partial charge is 0.129 e. The second-order valence-corrected chi connectivity index (χ2v) is 4.75. The lowest BCUT2D eigenvalue weighted by atomic mass is 10.2. The van der Waals surface area contributed by atoms with E-state index >= 15 is 0 Å². The van der Waals surface area contributed by atoms with Crippen LogP contribution in [-0.2, 0) is 4.74 Å². The second kappa shape index (κ2) is 7.07. The minimum absolute atomic E-state index is 0.504. The molecule has 102 valence electrons. The van der Waals surface area contributed by atoms with Crippen molar-refractivity contribution in [1.29, 1.82) is 5.26 Å². The quantitative estimate of drug-likeness (QED) is 0.831. The fourth-order valence-corrected chi connectivity index (χ4v) is 2.34. The van der Waals surface area contributed by atoms with Gasteiger partial charge in [-0.1, -0.05) is 0 Å². The zero-order valence-electron chi connectivity index (χ0n) is 11.3. The predicted molar refractivity (Wildman–Crippen MR) is 74.1 cm³/mol. The lowest BCUT2D eigenvalue weighted by Crippen LogP contribution is -2.39. The van der Waals surface area contributed by atoms with Gasteiger partial charge in [-0.05, 0) is 31.5 Å². The van der Waals surface area contributed by atoms with Crippen molar-refractivity contribution in [2.24, 2.45) is 0 Å². The van der Waals surface area contributed by atoms with Crippen molar-refractivity contribution in [2.75, 3.05) is 38.3 Å². The van der Waals surface area contributed by atoms with Gasteiger partial charge >= 0.3 is 0 Å². The molecule has 0 saturated carbocycles. The summed E-state index contributed by atoms with van der Waals surface area (Å²) in [6.07, 6.45) is 4.12. The van der Waals surface area contributed by atoms with Crippen LogP contribution < -0.4 is 10.2 Å². The van der Waals surface area contributed by atoms with E-state index in [2.05, 4.69) is 21.3 Å². The highest BCUT2D eigenvalue weighted by molar-refractivity contribution is 5.45. The van der Waals surface area contributed by atoms with Crippen molar-refractivity contribution in [3.05, 3.63) is 23.9 Å². The predicted octanol–water partition coefficient (Wildman–Crippen LogP) is 1.16. The molecule has 0 spiro atoms. The number of hydrogen-bond acceptors (Lipinski definition) is 5. The number of pyridine rings is 1. The Kier molecular flexibility index (Phi) is 5.13. The fraction of sp³-hybridized carbons (Fsp3) is 0.571. The molecular weight excluding hydrogens is 240 g/mol. The molecule has 0 amide bonds. The minimum atomic E-state index is 0.504. The fourth-order valence-electron chi connectivity index (χ4n) is 2.34. The van der Waals surface area contributed by atoms with Gasteiger partial charge in [0.1, 0.15) is 5.82 Å². The summed E-state index contributed by atoms with van der Waals surface area (Å²) < 4.78 is 5.16. The van der Waals surface area contributed by atoms with Gasteiger partial charge in [0.05, 0.1) is 18.2 Å². The third-order valence-electron chi connectivity index (χ3n) is 3.37. The summed E-state index contributed by atoms with van der Waals surface area (Å²) in [4.78, 5) is 6.56. The number of nitriles is 1. The van der Waals surface area contributed by atoms with Crippen molar-refractivity contribution >= 4 is 5.82 Å². The first kappa shape index (κ1) is 13.8. The van der Waals surface area contributed by atoms with Gasteiger partial charge in [-0.25, -0.2) is 4.98 Å². The van der Waals surface area contributed by atoms with Crippen LogP contribution in [0.4, 0.5) is 5.82 Å². The highest BCUT2D eigenvalue weighted by Crippen LogP contribution is 2.15. The maximum absolute atomic E-state index is 8.97. The molecule has 1 atom stereocenters. The van der Waals surface area contributed by atoms with E-state index in [0.717, 1.165) is 25.5 Å². The lowest BCUT2D eigenvalue weighted by Gasteiger charge is -2.26. The number of rotatable bonds is 6. The van der Waals surface area contributed by atoms with Crippen molar-refractivity contribution in [3.63, 3.8) is 0 Å². The van der Waals surface area contributed by atoms with E-state index in [0.29, 0.717) is 18.2 Å². The van der Waals surface area contributed by atoms with Gasteiger partial charge in [0, 0.05) is 32.4 Å². The van der Waals surface area contributed by atoms with Gasteiger partial charge in [-0.2, -0.15) is 5.26 Å². The first-order valence-corrected chi connectivity index (χ1v) is 6.67. The first-order chi connectivity index (χ1) is 9.33. The van der Waals surface area contributed by atoms with Gasteiger partial charge in [-0.3, -0.25) is 0 Å². The van der Waals surface area contributed by atoms with E-state index < -0.39 is 0 Å². The molecule has 1 aromatic heterocycles. The largest absolute Gasteiger partial charge is 0.383 e. The maximum Gasteiger partial charge on any atom is 0.129 e. The zero-order chi connectivity index (χ0) is 13.5. The molecule has 1 N–H and O–H groups in total. The highest BCUT2D eigenvalue weighted by atomic mass is 16.5. The van der Waals surface area contributed by atoms with Crippen LogP contribution in [-0.4, -0.2) is 44.4 Å². The Morgan fingerprint density at radius 3 is 3.21 bits per heavy atom. The van der Waals surface area contributed by atoms with Crippen LogP contribution in [0.5, 0.6) is 0 Å². The van der Waals surface area contributed by atoms with Crippen LogP contribution in [0.25, 0.3) is 0 Å². The maximum atomic E-state index is 8.97. The van der Waals surface area contributed by atoms with E-state index in [1.54, 1.807) is 19.4 Å². The Morgan fingerprint density at radius 1 is 1.63 bits per heavy atom. The molecule has 5 heteroatoms. The van der Waals surface area contributed by atoms with Gasteiger partial charge in [0.25, 0.3) is 0 Å².